The third kappa shape index (κ3) is 3.06. The van der Waals surface area contributed by atoms with Crippen molar-refractivity contribution in [1.82, 2.24) is 0 Å². The average molecular weight is 242 g/mol. The fraction of sp³-hybridized carbons (Fsp3) is 0.846. The number of rotatable bonds is 5. The lowest BCUT2D eigenvalue weighted by Crippen LogP contribution is -2.48. The molecule has 0 aromatic heterocycles. The summed E-state index contributed by atoms with van der Waals surface area (Å²) in [5.41, 5.74) is -0.749. The van der Waals surface area contributed by atoms with Gasteiger partial charge in [-0.2, -0.15) is 0 Å². The van der Waals surface area contributed by atoms with E-state index in [-0.39, 0.29) is 5.78 Å². The Kier molecular flexibility index (Phi) is 5.12. The summed E-state index contributed by atoms with van der Waals surface area (Å²) in [6.07, 6.45) is 4.55. The second-order valence-electron chi connectivity index (χ2n) is 4.60. The molecule has 0 aromatic carbocycles. The van der Waals surface area contributed by atoms with Crippen molar-refractivity contribution < 1.29 is 19.1 Å². The molecule has 1 rings (SSSR count). The van der Waals surface area contributed by atoms with Crippen LogP contribution in [-0.2, 0) is 19.1 Å². The number of carbonyl (C=O) groups excluding carboxylic acids is 2. The monoisotopic (exact) mass is 242 g/mol. The van der Waals surface area contributed by atoms with E-state index < -0.39 is 17.5 Å². The van der Waals surface area contributed by atoms with Gasteiger partial charge >= 0.3 is 5.97 Å². The first-order chi connectivity index (χ1) is 8.07. The topological polar surface area (TPSA) is 52.6 Å². The van der Waals surface area contributed by atoms with Crippen LogP contribution in [0.15, 0.2) is 0 Å². The van der Waals surface area contributed by atoms with Crippen LogP contribution in [0.2, 0.25) is 0 Å². The summed E-state index contributed by atoms with van der Waals surface area (Å²) >= 11 is 0. The molecule has 17 heavy (non-hydrogen) atoms. The van der Waals surface area contributed by atoms with Crippen LogP contribution in [0.5, 0.6) is 0 Å². The van der Waals surface area contributed by atoms with Crippen molar-refractivity contribution in [3.63, 3.8) is 0 Å². The van der Waals surface area contributed by atoms with E-state index in [2.05, 4.69) is 4.74 Å². The lowest BCUT2D eigenvalue weighted by atomic mass is 9.77. The van der Waals surface area contributed by atoms with Crippen LogP contribution in [0, 0.1) is 5.92 Å². The van der Waals surface area contributed by atoms with Crippen LogP contribution in [0.4, 0.5) is 0 Å². The van der Waals surface area contributed by atoms with Gasteiger partial charge in [-0.3, -0.25) is 9.59 Å². The maximum atomic E-state index is 12.4. The van der Waals surface area contributed by atoms with Gasteiger partial charge in [-0.05, 0) is 26.7 Å². The lowest BCUT2D eigenvalue weighted by molar-refractivity contribution is -0.162. The number of Topliss-reactive ketones (excluding diaryl/α,β-unsaturated/α-hetero) is 1. The van der Waals surface area contributed by atoms with Crippen molar-refractivity contribution in [2.75, 3.05) is 13.7 Å². The van der Waals surface area contributed by atoms with Crippen LogP contribution < -0.4 is 0 Å². The van der Waals surface area contributed by atoms with Crippen LogP contribution in [0.25, 0.3) is 0 Å². The summed E-state index contributed by atoms with van der Waals surface area (Å²) in [5, 5.41) is 0. The van der Waals surface area contributed by atoms with Gasteiger partial charge in [0.05, 0.1) is 7.11 Å². The molecule has 1 aliphatic carbocycles. The zero-order valence-electron chi connectivity index (χ0n) is 11.0. The third-order valence-electron chi connectivity index (χ3n) is 3.48. The molecule has 0 bridgehead atoms. The van der Waals surface area contributed by atoms with E-state index in [0.29, 0.717) is 6.61 Å². The Hall–Kier alpha value is -0.900. The fourth-order valence-electron chi connectivity index (χ4n) is 2.54. The summed E-state index contributed by atoms with van der Waals surface area (Å²) < 4.78 is 10.3. The molecule has 4 nitrogen and oxygen atoms in total. The van der Waals surface area contributed by atoms with Crippen LogP contribution in [0.3, 0.4) is 0 Å². The van der Waals surface area contributed by atoms with Crippen molar-refractivity contribution in [2.24, 2.45) is 5.92 Å². The van der Waals surface area contributed by atoms with E-state index >= 15 is 0 Å². The SMILES string of the molecule is CCOC1(C(=O)C(C)C(=O)OC)CCCCC1. The predicted molar refractivity (Wildman–Crippen MR) is 63.6 cm³/mol. The number of hydrogen-bond donors (Lipinski definition) is 0. The van der Waals surface area contributed by atoms with E-state index in [0.717, 1.165) is 32.1 Å². The van der Waals surface area contributed by atoms with E-state index in [1.54, 1.807) is 6.92 Å². The molecule has 0 radical (unpaired) electrons. The summed E-state index contributed by atoms with van der Waals surface area (Å²) in [5.74, 6) is -1.32. The average Bonchev–Trinajstić information content (AvgIpc) is 2.37. The van der Waals surface area contributed by atoms with Gasteiger partial charge in [0.15, 0.2) is 5.78 Å². The molecule has 1 saturated carbocycles. The first-order valence-electron chi connectivity index (χ1n) is 6.33. The molecule has 0 heterocycles. The molecule has 1 unspecified atom stereocenters. The molecule has 0 N–H and O–H groups in total. The number of esters is 1. The lowest BCUT2D eigenvalue weighted by Gasteiger charge is -2.36. The second kappa shape index (κ2) is 6.15. The quantitative estimate of drug-likeness (QED) is 0.547. The summed E-state index contributed by atoms with van der Waals surface area (Å²) in [7, 11) is 1.31. The maximum absolute atomic E-state index is 12.4. The first kappa shape index (κ1) is 14.2. The highest BCUT2D eigenvalue weighted by molar-refractivity contribution is 6.03. The van der Waals surface area contributed by atoms with E-state index in [9.17, 15) is 9.59 Å². The number of hydrogen-bond acceptors (Lipinski definition) is 4. The van der Waals surface area contributed by atoms with E-state index in [1.165, 1.54) is 7.11 Å². The third-order valence-corrected chi connectivity index (χ3v) is 3.48. The zero-order chi connectivity index (χ0) is 12.9. The molecule has 1 aliphatic rings. The minimum absolute atomic E-state index is 0.120. The van der Waals surface area contributed by atoms with E-state index in [1.807, 2.05) is 6.92 Å². The van der Waals surface area contributed by atoms with Gasteiger partial charge in [-0.1, -0.05) is 19.3 Å². The fourth-order valence-corrected chi connectivity index (χ4v) is 2.54. The second-order valence-corrected chi connectivity index (χ2v) is 4.60. The number of ketones is 1. The Morgan fingerprint density at radius 3 is 2.29 bits per heavy atom. The van der Waals surface area contributed by atoms with Gasteiger partial charge in [0.25, 0.3) is 0 Å². The molecule has 0 spiro atoms. The smallest absolute Gasteiger partial charge is 0.316 e. The Labute approximate surface area is 103 Å². The standard InChI is InChI=1S/C13H22O4/c1-4-17-13(8-6-5-7-9-13)11(14)10(2)12(15)16-3/h10H,4-9H2,1-3H3. The number of carbonyl (C=O) groups is 2. The van der Waals surface area contributed by atoms with Crippen LogP contribution >= 0.6 is 0 Å². The minimum Gasteiger partial charge on any atom is -0.468 e. The molecule has 0 amide bonds. The maximum Gasteiger partial charge on any atom is 0.316 e. The van der Waals surface area contributed by atoms with Gasteiger partial charge in [-0.15, -0.1) is 0 Å². The van der Waals surface area contributed by atoms with Gasteiger partial charge < -0.3 is 9.47 Å². The molecule has 0 saturated heterocycles. The van der Waals surface area contributed by atoms with Crippen molar-refractivity contribution in [3.05, 3.63) is 0 Å². The van der Waals surface area contributed by atoms with Gasteiger partial charge in [0, 0.05) is 6.61 Å². The van der Waals surface area contributed by atoms with Crippen molar-refractivity contribution >= 4 is 11.8 Å². The molecule has 98 valence electrons. The van der Waals surface area contributed by atoms with Gasteiger partial charge in [0.2, 0.25) is 0 Å². The zero-order valence-corrected chi connectivity index (χ0v) is 11.0. The van der Waals surface area contributed by atoms with Crippen LogP contribution in [-0.4, -0.2) is 31.1 Å². The van der Waals surface area contributed by atoms with Crippen molar-refractivity contribution in [3.8, 4) is 0 Å². The summed E-state index contributed by atoms with van der Waals surface area (Å²) in [6.45, 7) is 3.98. The van der Waals surface area contributed by atoms with Crippen molar-refractivity contribution in [1.29, 1.82) is 0 Å². The first-order valence-corrected chi connectivity index (χ1v) is 6.33. The highest BCUT2D eigenvalue weighted by Gasteiger charge is 2.44. The van der Waals surface area contributed by atoms with Crippen LogP contribution in [0.1, 0.15) is 46.0 Å². The largest absolute Gasteiger partial charge is 0.468 e. The van der Waals surface area contributed by atoms with Crippen molar-refractivity contribution in [2.45, 2.75) is 51.6 Å². The molecule has 1 fully saturated rings. The Bertz CT molecular complexity index is 274. The molecular formula is C13H22O4. The Morgan fingerprint density at radius 1 is 1.24 bits per heavy atom. The molecule has 4 heteroatoms. The van der Waals surface area contributed by atoms with E-state index in [4.69, 9.17) is 4.74 Å². The number of methoxy groups -OCH3 is 1. The highest BCUT2D eigenvalue weighted by atomic mass is 16.5. The van der Waals surface area contributed by atoms with Gasteiger partial charge in [-0.25, -0.2) is 0 Å². The highest BCUT2D eigenvalue weighted by Crippen LogP contribution is 2.34. The number of ether oxygens (including phenoxy) is 2. The molecule has 1 atom stereocenters. The minimum atomic E-state index is -0.749. The summed E-state index contributed by atoms with van der Waals surface area (Å²) in [4.78, 5) is 23.8. The molecule has 0 aromatic rings. The Morgan fingerprint density at radius 2 is 1.82 bits per heavy atom. The normalized spacial score (nSPS) is 20.6. The molecule has 0 aliphatic heterocycles. The molecular weight excluding hydrogens is 220 g/mol. The van der Waals surface area contributed by atoms with Gasteiger partial charge in [0.1, 0.15) is 11.5 Å². The predicted octanol–water partition coefficient (Wildman–Crippen LogP) is 2.10. The Balaban J connectivity index is 2.82. The summed E-state index contributed by atoms with van der Waals surface area (Å²) in [6, 6.07) is 0.